The van der Waals surface area contributed by atoms with Crippen molar-refractivity contribution in [3.8, 4) is 6.07 Å². The number of hydrogen-bond donors (Lipinski definition) is 1. The van der Waals surface area contributed by atoms with Gasteiger partial charge in [0.2, 0.25) is 0 Å². The zero-order valence-electron chi connectivity index (χ0n) is 13.0. The van der Waals surface area contributed by atoms with E-state index in [0.29, 0.717) is 17.9 Å². The Balaban J connectivity index is 4.18. The summed E-state index contributed by atoms with van der Waals surface area (Å²) in [6, 6.07) is 2.71. The number of nitrogens with one attached hydrogen (secondary N) is 1. The number of hydrogen-bond acceptors (Lipinski definition) is 3. The van der Waals surface area contributed by atoms with Gasteiger partial charge in [0.05, 0.1) is 12.1 Å². The van der Waals surface area contributed by atoms with Crippen molar-refractivity contribution in [3.05, 3.63) is 0 Å². The standard InChI is InChI=1S/C15H31N3/c1-12(2)10-18(11-13(3)4)8-7-15(9-16)17-14(5)6/h12-15,17H,7-8,10-11H2,1-6H3. The van der Waals surface area contributed by atoms with Gasteiger partial charge in [-0.1, -0.05) is 27.7 Å². The Morgan fingerprint density at radius 1 is 1.00 bits per heavy atom. The summed E-state index contributed by atoms with van der Waals surface area (Å²) in [5, 5.41) is 12.4. The summed E-state index contributed by atoms with van der Waals surface area (Å²) in [5.41, 5.74) is 0. The molecule has 3 nitrogen and oxygen atoms in total. The summed E-state index contributed by atoms with van der Waals surface area (Å²) in [4.78, 5) is 2.49. The molecule has 0 aromatic heterocycles. The highest BCUT2D eigenvalue weighted by Gasteiger charge is 2.13. The average Bonchev–Trinajstić information content (AvgIpc) is 2.21. The van der Waals surface area contributed by atoms with Crippen LogP contribution in [0.5, 0.6) is 0 Å². The Morgan fingerprint density at radius 3 is 1.83 bits per heavy atom. The second kappa shape index (κ2) is 9.35. The van der Waals surface area contributed by atoms with Crippen LogP contribution >= 0.6 is 0 Å². The Kier molecular flexibility index (Phi) is 9.05. The van der Waals surface area contributed by atoms with Gasteiger partial charge in [0.15, 0.2) is 0 Å². The number of rotatable bonds is 9. The fourth-order valence-electron chi connectivity index (χ4n) is 2.19. The molecule has 1 N–H and O–H groups in total. The molecule has 106 valence electrons. The molecule has 0 aliphatic rings. The Morgan fingerprint density at radius 2 is 1.50 bits per heavy atom. The Bertz CT molecular complexity index is 231. The average molecular weight is 253 g/mol. The maximum atomic E-state index is 9.12. The first kappa shape index (κ1) is 17.4. The third-order valence-electron chi connectivity index (χ3n) is 2.67. The molecule has 18 heavy (non-hydrogen) atoms. The molecule has 1 atom stereocenters. The lowest BCUT2D eigenvalue weighted by Crippen LogP contribution is -2.39. The second-order valence-corrected chi connectivity index (χ2v) is 6.34. The van der Waals surface area contributed by atoms with Crippen LogP contribution in [0.4, 0.5) is 0 Å². The normalized spacial score (nSPS) is 13.6. The fourth-order valence-corrected chi connectivity index (χ4v) is 2.19. The van der Waals surface area contributed by atoms with Crippen molar-refractivity contribution in [2.45, 2.75) is 60.0 Å². The van der Waals surface area contributed by atoms with Crippen LogP contribution in [0.25, 0.3) is 0 Å². The van der Waals surface area contributed by atoms with Gasteiger partial charge in [0, 0.05) is 25.7 Å². The minimum absolute atomic E-state index is 0.0215. The molecule has 0 saturated carbocycles. The van der Waals surface area contributed by atoms with Crippen molar-refractivity contribution < 1.29 is 0 Å². The van der Waals surface area contributed by atoms with Crippen LogP contribution < -0.4 is 5.32 Å². The molecule has 0 rings (SSSR count). The third kappa shape index (κ3) is 9.44. The molecule has 0 saturated heterocycles. The van der Waals surface area contributed by atoms with E-state index in [9.17, 15) is 0 Å². The van der Waals surface area contributed by atoms with Crippen LogP contribution in [0.1, 0.15) is 48.0 Å². The van der Waals surface area contributed by atoms with Crippen molar-refractivity contribution in [3.63, 3.8) is 0 Å². The van der Waals surface area contributed by atoms with Crippen LogP contribution in [-0.2, 0) is 0 Å². The first-order chi connectivity index (χ1) is 8.35. The highest BCUT2D eigenvalue weighted by atomic mass is 15.1. The minimum Gasteiger partial charge on any atom is -0.303 e. The quantitative estimate of drug-likeness (QED) is 0.687. The van der Waals surface area contributed by atoms with Gasteiger partial charge in [0.25, 0.3) is 0 Å². The molecule has 0 aliphatic carbocycles. The van der Waals surface area contributed by atoms with Gasteiger partial charge < -0.3 is 4.90 Å². The van der Waals surface area contributed by atoms with E-state index in [2.05, 4.69) is 57.8 Å². The molecule has 0 heterocycles. The zero-order valence-corrected chi connectivity index (χ0v) is 13.0. The molecule has 0 fully saturated rings. The molecular weight excluding hydrogens is 222 g/mol. The maximum absolute atomic E-state index is 9.12. The largest absolute Gasteiger partial charge is 0.303 e. The van der Waals surface area contributed by atoms with Gasteiger partial charge >= 0.3 is 0 Å². The highest BCUT2D eigenvalue weighted by Crippen LogP contribution is 2.06. The lowest BCUT2D eigenvalue weighted by atomic mass is 10.1. The van der Waals surface area contributed by atoms with E-state index in [1.165, 1.54) is 0 Å². The molecule has 3 heteroatoms. The summed E-state index contributed by atoms with van der Waals surface area (Å²) in [6.07, 6.45) is 0.911. The molecule has 0 amide bonds. The predicted octanol–water partition coefficient (Wildman–Crippen LogP) is 2.88. The first-order valence-electron chi connectivity index (χ1n) is 7.23. The van der Waals surface area contributed by atoms with E-state index >= 15 is 0 Å². The second-order valence-electron chi connectivity index (χ2n) is 6.34. The van der Waals surface area contributed by atoms with Crippen molar-refractivity contribution in [2.75, 3.05) is 19.6 Å². The van der Waals surface area contributed by atoms with Gasteiger partial charge in [-0.25, -0.2) is 0 Å². The van der Waals surface area contributed by atoms with Crippen molar-refractivity contribution >= 4 is 0 Å². The van der Waals surface area contributed by atoms with E-state index in [4.69, 9.17) is 5.26 Å². The zero-order chi connectivity index (χ0) is 14.1. The molecular formula is C15H31N3. The van der Waals surface area contributed by atoms with E-state index in [-0.39, 0.29) is 6.04 Å². The summed E-state index contributed by atoms with van der Waals surface area (Å²) in [5.74, 6) is 1.37. The minimum atomic E-state index is -0.0215. The molecule has 0 aliphatic heterocycles. The molecule has 0 radical (unpaired) electrons. The van der Waals surface area contributed by atoms with Crippen LogP contribution in [0, 0.1) is 23.2 Å². The van der Waals surface area contributed by atoms with Crippen molar-refractivity contribution in [2.24, 2.45) is 11.8 Å². The summed E-state index contributed by atoms with van der Waals surface area (Å²) < 4.78 is 0. The molecule has 0 bridgehead atoms. The van der Waals surface area contributed by atoms with E-state index in [1.807, 2.05) is 0 Å². The van der Waals surface area contributed by atoms with Crippen molar-refractivity contribution in [1.29, 1.82) is 5.26 Å². The SMILES string of the molecule is CC(C)CN(CCC(C#N)NC(C)C)CC(C)C. The van der Waals surface area contributed by atoms with Crippen LogP contribution in [0.15, 0.2) is 0 Å². The molecule has 0 spiro atoms. The monoisotopic (exact) mass is 253 g/mol. The number of nitrogens with zero attached hydrogens (tertiary/aromatic N) is 2. The van der Waals surface area contributed by atoms with Gasteiger partial charge in [-0.15, -0.1) is 0 Å². The molecule has 0 aromatic carbocycles. The Labute approximate surface area is 114 Å². The third-order valence-corrected chi connectivity index (χ3v) is 2.67. The maximum Gasteiger partial charge on any atom is 0.0967 e. The van der Waals surface area contributed by atoms with Crippen LogP contribution in [0.2, 0.25) is 0 Å². The predicted molar refractivity (Wildman–Crippen MR) is 78.4 cm³/mol. The van der Waals surface area contributed by atoms with Crippen LogP contribution in [0.3, 0.4) is 0 Å². The molecule has 0 aromatic rings. The highest BCUT2D eigenvalue weighted by molar-refractivity contribution is 4.91. The molecule has 1 unspecified atom stereocenters. The number of nitriles is 1. The van der Waals surface area contributed by atoms with Gasteiger partial charge in [0.1, 0.15) is 0 Å². The topological polar surface area (TPSA) is 39.1 Å². The lowest BCUT2D eigenvalue weighted by Gasteiger charge is -2.27. The summed E-state index contributed by atoms with van der Waals surface area (Å²) in [7, 11) is 0. The van der Waals surface area contributed by atoms with Crippen LogP contribution in [-0.4, -0.2) is 36.6 Å². The first-order valence-corrected chi connectivity index (χ1v) is 7.23. The van der Waals surface area contributed by atoms with E-state index < -0.39 is 0 Å². The van der Waals surface area contributed by atoms with E-state index in [0.717, 1.165) is 26.1 Å². The Hall–Kier alpha value is -0.590. The fraction of sp³-hybridized carbons (Fsp3) is 0.933. The van der Waals surface area contributed by atoms with Gasteiger partial charge in [-0.05, 0) is 32.1 Å². The summed E-state index contributed by atoms with van der Waals surface area (Å²) >= 11 is 0. The smallest absolute Gasteiger partial charge is 0.0967 e. The van der Waals surface area contributed by atoms with Gasteiger partial charge in [-0.3, -0.25) is 5.32 Å². The lowest BCUT2D eigenvalue weighted by molar-refractivity contribution is 0.211. The van der Waals surface area contributed by atoms with E-state index in [1.54, 1.807) is 0 Å². The summed E-state index contributed by atoms with van der Waals surface area (Å²) in [6.45, 7) is 16.4. The van der Waals surface area contributed by atoms with Gasteiger partial charge in [-0.2, -0.15) is 5.26 Å². The van der Waals surface area contributed by atoms with Crippen molar-refractivity contribution in [1.82, 2.24) is 10.2 Å².